The second-order valence-electron chi connectivity index (χ2n) is 9.24. The molecule has 0 saturated carbocycles. The van der Waals surface area contributed by atoms with E-state index in [2.05, 4.69) is 30.9 Å². The number of benzene rings is 1. The molecule has 0 spiro atoms. The van der Waals surface area contributed by atoms with Crippen LogP contribution in [0, 0.1) is 5.82 Å². The lowest BCUT2D eigenvalue weighted by molar-refractivity contribution is -0.141. The first kappa shape index (κ1) is 31.0. The van der Waals surface area contributed by atoms with Gasteiger partial charge in [-0.25, -0.2) is 14.2 Å². The van der Waals surface area contributed by atoms with Crippen molar-refractivity contribution >= 4 is 34.9 Å². The van der Waals surface area contributed by atoms with E-state index in [0.29, 0.717) is 10.3 Å². The number of alkyl halides is 2. The van der Waals surface area contributed by atoms with Crippen LogP contribution in [0.2, 0.25) is 0 Å². The van der Waals surface area contributed by atoms with Gasteiger partial charge in [0, 0.05) is 19.0 Å². The van der Waals surface area contributed by atoms with Crippen molar-refractivity contribution in [3.05, 3.63) is 70.5 Å². The van der Waals surface area contributed by atoms with Crippen LogP contribution in [0.25, 0.3) is 0 Å². The molecule has 3 atom stereocenters. The molecule has 15 nitrogen and oxygen atoms in total. The van der Waals surface area contributed by atoms with Crippen molar-refractivity contribution in [3.63, 3.8) is 0 Å². The molecule has 4 rings (SSSR count). The number of amides is 3. The molecule has 1 aromatic carbocycles. The first-order chi connectivity index (χ1) is 20.4. The molecule has 1 fully saturated rings. The summed E-state index contributed by atoms with van der Waals surface area (Å²) in [7, 11) is 0. The summed E-state index contributed by atoms with van der Waals surface area (Å²) in [6.07, 6.45) is -3.44. The highest BCUT2D eigenvalue weighted by atomic mass is 19.3. The van der Waals surface area contributed by atoms with Crippen LogP contribution >= 0.6 is 0 Å². The van der Waals surface area contributed by atoms with Crippen LogP contribution in [0.3, 0.4) is 0 Å². The summed E-state index contributed by atoms with van der Waals surface area (Å²) in [5, 5.41) is 26.0. The Bertz CT molecular complexity index is 1570. The van der Waals surface area contributed by atoms with E-state index in [9.17, 15) is 37.5 Å². The van der Waals surface area contributed by atoms with E-state index in [1.165, 1.54) is 12.3 Å². The Morgan fingerprint density at radius 1 is 1.09 bits per heavy atom. The minimum absolute atomic E-state index is 0.0264. The molecule has 1 aliphatic heterocycles. The van der Waals surface area contributed by atoms with Crippen molar-refractivity contribution in [2.45, 2.75) is 43.7 Å². The number of nitrogens with zero attached hydrogens (tertiary/aromatic N) is 4. The molecule has 0 bridgehead atoms. The van der Waals surface area contributed by atoms with Gasteiger partial charge in [0.25, 0.3) is 5.91 Å². The molecular formula is C25H25F3N8O7. The summed E-state index contributed by atoms with van der Waals surface area (Å²) in [5.74, 6) is -6.59. The summed E-state index contributed by atoms with van der Waals surface area (Å²) in [6.45, 7) is -0.967. The highest BCUT2D eigenvalue weighted by Crippen LogP contribution is 2.42. The highest BCUT2D eigenvalue weighted by Gasteiger charge is 2.59. The third-order valence-electron chi connectivity index (χ3n) is 6.16. The maximum Gasteiger partial charge on any atom is 0.351 e. The quantitative estimate of drug-likeness (QED) is 0.168. The number of aliphatic hydroxyl groups is 2. The van der Waals surface area contributed by atoms with Crippen molar-refractivity contribution in [1.29, 1.82) is 0 Å². The molecule has 1 aliphatic rings. The standard InChI is InChI=1S/C25H25F3N8O7/c26-12-1-2-15(14(29)7-12)33-22(41)16-10-30-13(8-31-16)9-32-19(38)3-4-20(39)34-18-5-6-36(24(42)35-18)23-25(27,28)21(40)17(11-37)43-23/h1-2,5-8,10,17,21,23,37,40H,3-4,9,11,29H2,(H,32,38)(H,33,41)(H,34,35,39,42). The van der Waals surface area contributed by atoms with Crippen LogP contribution in [-0.4, -0.2) is 72.2 Å². The van der Waals surface area contributed by atoms with Gasteiger partial charge >= 0.3 is 11.6 Å². The molecule has 0 aliphatic carbocycles. The maximum atomic E-state index is 14.3. The molecule has 18 heteroatoms. The molecule has 2 aromatic heterocycles. The van der Waals surface area contributed by atoms with Gasteiger partial charge in [0.2, 0.25) is 18.0 Å². The number of halogens is 3. The lowest BCUT2D eigenvalue weighted by atomic mass is 10.1. The Morgan fingerprint density at radius 3 is 2.47 bits per heavy atom. The van der Waals surface area contributed by atoms with Crippen LogP contribution in [-0.2, 0) is 20.9 Å². The monoisotopic (exact) mass is 606 g/mol. The van der Waals surface area contributed by atoms with Crippen LogP contribution < -0.4 is 27.4 Å². The van der Waals surface area contributed by atoms with E-state index in [1.54, 1.807) is 0 Å². The van der Waals surface area contributed by atoms with Crippen LogP contribution in [0.15, 0.2) is 47.7 Å². The fourth-order valence-corrected chi connectivity index (χ4v) is 3.89. The Kier molecular flexibility index (Phi) is 9.32. The topological polar surface area (TPSA) is 224 Å². The molecule has 3 heterocycles. The van der Waals surface area contributed by atoms with Crippen molar-refractivity contribution in [2.24, 2.45) is 0 Å². The SMILES string of the molecule is Nc1cc(F)ccc1NC(=O)c1cnc(CNC(=O)CCC(=O)Nc2ccn(C3OC(CO)C(O)C3(F)F)c(=O)n2)cn1. The van der Waals surface area contributed by atoms with Crippen molar-refractivity contribution in [3.8, 4) is 0 Å². The second-order valence-corrected chi connectivity index (χ2v) is 9.24. The van der Waals surface area contributed by atoms with Gasteiger partial charge in [-0.3, -0.25) is 23.9 Å². The Hall–Kier alpha value is -4.94. The lowest BCUT2D eigenvalue weighted by Gasteiger charge is -2.21. The second kappa shape index (κ2) is 12.9. The normalized spacial score (nSPS) is 19.0. The first-order valence-electron chi connectivity index (χ1n) is 12.5. The molecule has 1 saturated heterocycles. The van der Waals surface area contributed by atoms with E-state index in [0.717, 1.165) is 30.6 Å². The smallest absolute Gasteiger partial charge is 0.351 e. The highest BCUT2D eigenvalue weighted by molar-refractivity contribution is 6.04. The Labute approximate surface area is 239 Å². The van der Waals surface area contributed by atoms with Gasteiger partial charge in [-0.1, -0.05) is 0 Å². The average Bonchev–Trinajstić information content (AvgIpc) is 3.20. The van der Waals surface area contributed by atoms with Gasteiger partial charge in [-0.05, 0) is 24.3 Å². The van der Waals surface area contributed by atoms with Gasteiger partial charge < -0.3 is 36.6 Å². The van der Waals surface area contributed by atoms with Gasteiger partial charge in [0.15, 0.2) is 6.10 Å². The number of ether oxygens (including phenoxy) is 1. The van der Waals surface area contributed by atoms with Crippen molar-refractivity contribution < 1.29 is 42.5 Å². The van der Waals surface area contributed by atoms with Crippen molar-refractivity contribution in [1.82, 2.24) is 24.8 Å². The number of anilines is 3. The number of aromatic nitrogens is 4. The summed E-state index contributed by atoms with van der Waals surface area (Å²) in [4.78, 5) is 60.5. The fourth-order valence-electron chi connectivity index (χ4n) is 3.89. The van der Waals surface area contributed by atoms with Crippen molar-refractivity contribution in [2.75, 3.05) is 23.0 Å². The number of hydrogen-bond donors (Lipinski definition) is 6. The average molecular weight is 607 g/mol. The van der Waals surface area contributed by atoms with Crippen LogP contribution in [0.4, 0.5) is 30.4 Å². The van der Waals surface area contributed by atoms with Gasteiger partial charge in [0.1, 0.15) is 23.4 Å². The summed E-state index contributed by atoms with van der Waals surface area (Å²) in [6, 6.07) is 4.52. The molecular weight excluding hydrogens is 581 g/mol. The number of hydrogen-bond acceptors (Lipinski definition) is 11. The van der Waals surface area contributed by atoms with E-state index >= 15 is 0 Å². The predicted molar refractivity (Wildman–Crippen MR) is 141 cm³/mol. The van der Waals surface area contributed by atoms with Gasteiger partial charge in [0.05, 0.1) is 42.6 Å². The van der Waals surface area contributed by atoms with E-state index in [1.807, 2.05) is 0 Å². The fraction of sp³-hybridized carbons (Fsp3) is 0.320. The van der Waals surface area contributed by atoms with Crippen LogP contribution in [0.1, 0.15) is 35.3 Å². The molecule has 3 aromatic rings. The molecule has 7 N–H and O–H groups in total. The van der Waals surface area contributed by atoms with E-state index in [-0.39, 0.29) is 42.3 Å². The lowest BCUT2D eigenvalue weighted by Crippen LogP contribution is -2.41. The number of carbonyl (C=O) groups excluding carboxylic acids is 3. The molecule has 228 valence electrons. The Morgan fingerprint density at radius 2 is 1.84 bits per heavy atom. The van der Waals surface area contributed by atoms with E-state index < -0.39 is 60.2 Å². The zero-order chi connectivity index (χ0) is 31.3. The van der Waals surface area contributed by atoms with Crippen LogP contribution in [0.5, 0.6) is 0 Å². The zero-order valence-electron chi connectivity index (χ0n) is 22.0. The maximum absolute atomic E-state index is 14.3. The number of nitrogen functional groups attached to an aromatic ring is 1. The molecule has 0 radical (unpaired) electrons. The third kappa shape index (κ3) is 7.29. The van der Waals surface area contributed by atoms with E-state index in [4.69, 9.17) is 15.6 Å². The minimum atomic E-state index is -3.89. The number of carbonyl (C=O) groups is 3. The van der Waals surface area contributed by atoms with Gasteiger partial charge in [-0.15, -0.1) is 0 Å². The number of nitrogens with one attached hydrogen (secondary N) is 3. The third-order valence-corrected chi connectivity index (χ3v) is 6.16. The molecule has 43 heavy (non-hydrogen) atoms. The first-order valence-corrected chi connectivity index (χ1v) is 12.5. The minimum Gasteiger partial charge on any atom is -0.397 e. The number of aliphatic hydroxyl groups excluding tert-OH is 2. The van der Waals surface area contributed by atoms with Gasteiger partial charge in [-0.2, -0.15) is 13.8 Å². The molecule has 3 unspecified atom stereocenters. The Balaban J connectivity index is 1.22. The molecule has 3 amide bonds. The summed E-state index contributed by atoms with van der Waals surface area (Å²) >= 11 is 0. The zero-order valence-corrected chi connectivity index (χ0v) is 22.0. The largest absolute Gasteiger partial charge is 0.397 e. The summed E-state index contributed by atoms with van der Waals surface area (Å²) < 4.78 is 47.1. The summed E-state index contributed by atoms with van der Waals surface area (Å²) in [5.41, 5.74) is 4.90. The number of nitrogens with two attached hydrogens (primary N) is 1. The number of rotatable bonds is 10. The predicted octanol–water partition coefficient (Wildman–Crippen LogP) is -0.0721.